The van der Waals surface area contributed by atoms with Crippen molar-refractivity contribution < 1.29 is 0 Å². The van der Waals surface area contributed by atoms with Crippen molar-refractivity contribution in [1.82, 2.24) is 9.55 Å². The molecule has 0 spiro atoms. The minimum atomic E-state index is -0.129. The van der Waals surface area contributed by atoms with Gasteiger partial charge in [0.05, 0.1) is 0 Å². The third-order valence-electron chi connectivity index (χ3n) is 1.89. The second kappa shape index (κ2) is 6.03. The first-order chi connectivity index (χ1) is 6.74. The summed E-state index contributed by atoms with van der Waals surface area (Å²) < 4.78 is 2.42. The third-order valence-corrected chi connectivity index (χ3v) is 2.93. The number of unbranched alkanes of at least 4 members (excludes halogenated alkanes) is 1. The number of H-pyrrole nitrogens is 1. The maximum absolute atomic E-state index is 10.9. The molecule has 1 heterocycles. The van der Waals surface area contributed by atoms with Gasteiger partial charge in [-0.3, -0.25) is 9.78 Å². The van der Waals surface area contributed by atoms with Crippen LogP contribution in [0.25, 0.3) is 0 Å². The van der Waals surface area contributed by atoms with E-state index in [2.05, 4.69) is 11.2 Å². The van der Waals surface area contributed by atoms with Crippen LogP contribution in [0.3, 0.4) is 0 Å². The molecule has 1 N–H and O–H groups in total. The molecule has 5 heteroatoms. The SMILES string of the molecule is CSCCCCn1ccc(=O)[nH]c1=S. The van der Waals surface area contributed by atoms with Crippen LogP contribution >= 0.6 is 24.0 Å². The molecule has 1 aromatic rings. The van der Waals surface area contributed by atoms with Gasteiger partial charge in [-0.15, -0.1) is 0 Å². The van der Waals surface area contributed by atoms with Gasteiger partial charge in [-0.1, -0.05) is 0 Å². The summed E-state index contributed by atoms with van der Waals surface area (Å²) in [6.07, 6.45) is 6.13. The molecule has 0 fully saturated rings. The van der Waals surface area contributed by atoms with Crippen molar-refractivity contribution in [3.05, 3.63) is 27.4 Å². The Morgan fingerprint density at radius 2 is 2.36 bits per heavy atom. The molecule has 0 aliphatic rings. The van der Waals surface area contributed by atoms with Gasteiger partial charge >= 0.3 is 0 Å². The average molecular weight is 230 g/mol. The van der Waals surface area contributed by atoms with Crippen LogP contribution < -0.4 is 5.56 Å². The van der Waals surface area contributed by atoms with Gasteiger partial charge in [0.1, 0.15) is 0 Å². The first-order valence-electron chi connectivity index (χ1n) is 4.53. The molecule has 0 bridgehead atoms. The van der Waals surface area contributed by atoms with E-state index in [1.165, 1.54) is 18.2 Å². The first kappa shape index (κ1) is 11.5. The summed E-state index contributed by atoms with van der Waals surface area (Å²) in [5.41, 5.74) is -0.129. The lowest BCUT2D eigenvalue weighted by atomic mass is 10.3. The molecule has 0 aromatic carbocycles. The van der Waals surface area contributed by atoms with E-state index in [0.717, 1.165) is 13.0 Å². The average Bonchev–Trinajstić information content (AvgIpc) is 2.15. The van der Waals surface area contributed by atoms with Crippen molar-refractivity contribution in [2.75, 3.05) is 12.0 Å². The Balaban J connectivity index is 2.51. The van der Waals surface area contributed by atoms with Crippen molar-refractivity contribution in [3.63, 3.8) is 0 Å². The van der Waals surface area contributed by atoms with Crippen LogP contribution in [0, 0.1) is 4.77 Å². The lowest BCUT2D eigenvalue weighted by molar-refractivity contribution is 0.612. The second-order valence-electron chi connectivity index (χ2n) is 3.00. The van der Waals surface area contributed by atoms with Crippen LogP contribution in [0.15, 0.2) is 17.1 Å². The second-order valence-corrected chi connectivity index (χ2v) is 4.38. The fourth-order valence-electron chi connectivity index (χ4n) is 1.15. The highest BCUT2D eigenvalue weighted by Crippen LogP contribution is 2.01. The largest absolute Gasteiger partial charge is 0.325 e. The lowest BCUT2D eigenvalue weighted by Crippen LogP contribution is -2.11. The van der Waals surface area contributed by atoms with Crippen LogP contribution in [-0.2, 0) is 6.54 Å². The fraction of sp³-hybridized carbons (Fsp3) is 0.556. The fourth-order valence-corrected chi connectivity index (χ4v) is 1.89. The van der Waals surface area contributed by atoms with E-state index in [-0.39, 0.29) is 5.56 Å². The van der Waals surface area contributed by atoms with E-state index in [9.17, 15) is 4.79 Å². The maximum Gasteiger partial charge on any atom is 0.251 e. The van der Waals surface area contributed by atoms with Crippen molar-refractivity contribution >= 4 is 24.0 Å². The zero-order chi connectivity index (χ0) is 10.4. The summed E-state index contributed by atoms with van der Waals surface area (Å²) >= 11 is 6.87. The van der Waals surface area contributed by atoms with E-state index in [4.69, 9.17) is 12.2 Å². The zero-order valence-corrected chi connectivity index (χ0v) is 9.79. The van der Waals surface area contributed by atoms with Gasteiger partial charge in [-0.25, -0.2) is 0 Å². The van der Waals surface area contributed by atoms with Crippen LogP contribution in [0.2, 0.25) is 0 Å². The van der Waals surface area contributed by atoms with Crippen LogP contribution in [0.1, 0.15) is 12.8 Å². The predicted octanol–water partition coefficient (Wildman–Crippen LogP) is 2.05. The molecule has 0 aliphatic carbocycles. The minimum absolute atomic E-state index is 0.129. The quantitative estimate of drug-likeness (QED) is 0.621. The highest BCUT2D eigenvalue weighted by atomic mass is 32.2. The molecule has 78 valence electrons. The monoisotopic (exact) mass is 230 g/mol. The molecular formula is C9H14N2OS2. The minimum Gasteiger partial charge on any atom is -0.325 e. The van der Waals surface area contributed by atoms with Gasteiger partial charge < -0.3 is 4.57 Å². The summed E-state index contributed by atoms with van der Waals surface area (Å²) in [6.45, 7) is 0.885. The summed E-state index contributed by atoms with van der Waals surface area (Å²) in [6, 6.07) is 1.50. The molecule has 1 rings (SSSR count). The normalized spacial score (nSPS) is 10.4. The Bertz CT molecular complexity index is 383. The summed E-state index contributed by atoms with van der Waals surface area (Å²) in [5, 5.41) is 0. The lowest BCUT2D eigenvalue weighted by Gasteiger charge is -2.04. The highest BCUT2D eigenvalue weighted by Gasteiger charge is 1.93. The van der Waals surface area contributed by atoms with E-state index in [1.54, 1.807) is 6.20 Å². The molecule has 0 saturated carbocycles. The Morgan fingerprint density at radius 3 is 3.00 bits per heavy atom. The van der Waals surface area contributed by atoms with Gasteiger partial charge in [0.15, 0.2) is 4.77 Å². The number of aryl methyl sites for hydroxylation is 1. The number of nitrogens with one attached hydrogen (secondary N) is 1. The zero-order valence-electron chi connectivity index (χ0n) is 8.16. The number of thioether (sulfide) groups is 1. The number of hydrogen-bond acceptors (Lipinski definition) is 3. The summed E-state index contributed by atoms with van der Waals surface area (Å²) in [5.74, 6) is 1.18. The third kappa shape index (κ3) is 3.67. The van der Waals surface area contributed by atoms with Crippen molar-refractivity contribution in [3.8, 4) is 0 Å². The van der Waals surface area contributed by atoms with Gasteiger partial charge in [-0.05, 0) is 37.1 Å². The molecule has 0 aliphatic heterocycles. The molecule has 1 aromatic heterocycles. The Hall–Kier alpha value is -0.550. The van der Waals surface area contributed by atoms with Crippen LogP contribution in [-0.4, -0.2) is 21.6 Å². The number of aromatic amines is 1. The molecule has 0 radical (unpaired) electrons. The smallest absolute Gasteiger partial charge is 0.251 e. The van der Waals surface area contributed by atoms with E-state index in [1.807, 2.05) is 16.3 Å². The van der Waals surface area contributed by atoms with Crippen LogP contribution in [0.5, 0.6) is 0 Å². The van der Waals surface area contributed by atoms with Gasteiger partial charge in [0.25, 0.3) is 5.56 Å². The topological polar surface area (TPSA) is 37.8 Å². The summed E-state index contributed by atoms with van der Waals surface area (Å²) in [7, 11) is 0. The van der Waals surface area contributed by atoms with E-state index >= 15 is 0 Å². The molecule has 0 saturated heterocycles. The van der Waals surface area contributed by atoms with Gasteiger partial charge in [0, 0.05) is 18.8 Å². The number of aromatic nitrogens is 2. The van der Waals surface area contributed by atoms with Crippen LogP contribution in [0.4, 0.5) is 0 Å². The number of rotatable bonds is 5. The predicted molar refractivity (Wildman–Crippen MR) is 63.5 cm³/mol. The Labute approximate surface area is 92.5 Å². The molecule has 0 atom stereocenters. The number of nitrogens with zero attached hydrogens (tertiary/aromatic N) is 1. The van der Waals surface area contributed by atoms with E-state index < -0.39 is 0 Å². The van der Waals surface area contributed by atoms with Crippen molar-refractivity contribution in [2.24, 2.45) is 0 Å². The Kier molecular flexibility index (Phi) is 4.97. The van der Waals surface area contributed by atoms with Crippen molar-refractivity contribution in [2.45, 2.75) is 19.4 Å². The maximum atomic E-state index is 10.9. The molecule has 0 unspecified atom stereocenters. The molecule has 0 amide bonds. The number of hydrogen-bond donors (Lipinski definition) is 1. The Morgan fingerprint density at radius 1 is 1.57 bits per heavy atom. The molecule has 3 nitrogen and oxygen atoms in total. The van der Waals surface area contributed by atoms with Crippen molar-refractivity contribution in [1.29, 1.82) is 0 Å². The molecule has 14 heavy (non-hydrogen) atoms. The van der Waals surface area contributed by atoms with Gasteiger partial charge in [0.2, 0.25) is 0 Å². The summed E-state index contributed by atoms with van der Waals surface area (Å²) in [4.78, 5) is 13.5. The standard InChI is InChI=1S/C9H14N2OS2/c1-14-7-3-2-5-11-6-4-8(12)10-9(11)13/h4,6H,2-3,5,7H2,1H3,(H,10,12,13). The highest BCUT2D eigenvalue weighted by molar-refractivity contribution is 7.98. The van der Waals surface area contributed by atoms with E-state index in [0.29, 0.717) is 4.77 Å². The first-order valence-corrected chi connectivity index (χ1v) is 6.33. The van der Waals surface area contributed by atoms with Gasteiger partial charge in [-0.2, -0.15) is 11.8 Å². The molecular weight excluding hydrogens is 216 g/mol.